The SMILES string of the molecule is CC(C)C[C@@H](NS(=O)(=O)NC(C)(C)C)C(=O)O. The highest BCUT2D eigenvalue weighted by Gasteiger charge is 2.27. The van der Waals surface area contributed by atoms with Gasteiger partial charge in [0.2, 0.25) is 0 Å². The number of aliphatic carboxylic acids is 1. The lowest BCUT2D eigenvalue weighted by Crippen LogP contribution is -2.52. The molecule has 0 aliphatic rings. The van der Waals surface area contributed by atoms with E-state index < -0.39 is 27.8 Å². The van der Waals surface area contributed by atoms with E-state index in [2.05, 4.69) is 9.44 Å². The van der Waals surface area contributed by atoms with Crippen LogP contribution < -0.4 is 9.44 Å². The molecule has 0 aliphatic heterocycles. The summed E-state index contributed by atoms with van der Waals surface area (Å²) in [6, 6.07) is -1.10. The summed E-state index contributed by atoms with van der Waals surface area (Å²) < 4.78 is 27.8. The minimum atomic E-state index is -3.81. The van der Waals surface area contributed by atoms with Crippen LogP contribution in [-0.2, 0) is 15.0 Å². The molecule has 1 atom stereocenters. The Balaban J connectivity index is 4.71. The van der Waals surface area contributed by atoms with Gasteiger partial charge in [0.25, 0.3) is 10.2 Å². The van der Waals surface area contributed by atoms with Crippen LogP contribution >= 0.6 is 0 Å². The third-order valence-electron chi connectivity index (χ3n) is 1.74. The van der Waals surface area contributed by atoms with Crippen LogP contribution in [0.2, 0.25) is 0 Å². The van der Waals surface area contributed by atoms with E-state index in [-0.39, 0.29) is 12.3 Å². The van der Waals surface area contributed by atoms with Crippen LogP contribution in [0.15, 0.2) is 0 Å². The number of carboxylic acids is 1. The maximum atomic E-state index is 11.7. The van der Waals surface area contributed by atoms with E-state index in [0.29, 0.717) is 0 Å². The molecule has 0 spiro atoms. The predicted octanol–water partition coefficient (Wildman–Crippen LogP) is 0.708. The van der Waals surface area contributed by atoms with Crippen molar-refractivity contribution in [1.29, 1.82) is 0 Å². The topological polar surface area (TPSA) is 95.5 Å². The summed E-state index contributed by atoms with van der Waals surface area (Å²) >= 11 is 0. The average molecular weight is 266 g/mol. The van der Waals surface area contributed by atoms with Crippen molar-refractivity contribution in [2.24, 2.45) is 5.92 Å². The zero-order valence-electron chi connectivity index (χ0n) is 10.9. The molecule has 6 nitrogen and oxygen atoms in total. The van der Waals surface area contributed by atoms with Crippen LogP contribution in [0.1, 0.15) is 41.0 Å². The molecule has 17 heavy (non-hydrogen) atoms. The average Bonchev–Trinajstić information content (AvgIpc) is 1.95. The maximum absolute atomic E-state index is 11.7. The summed E-state index contributed by atoms with van der Waals surface area (Å²) in [6.07, 6.45) is 0.250. The third kappa shape index (κ3) is 8.12. The van der Waals surface area contributed by atoms with E-state index in [1.54, 1.807) is 20.8 Å². The second-order valence-corrected chi connectivity index (χ2v) is 6.94. The van der Waals surface area contributed by atoms with Gasteiger partial charge in [0, 0.05) is 5.54 Å². The molecule has 0 saturated carbocycles. The fourth-order valence-corrected chi connectivity index (χ4v) is 2.73. The highest BCUT2D eigenvalue weighted by atomic mass is 32.2. The Kier molecular flexibility index (Phi) is 5.57. The molecule has 0 radical (unpaired) electrons. The Morgan fingerprint density at radius 1 is 1.29 bits per heavy atom. The molecule has 0 rings (SSSR count). The standard InChI is InChI=1S/C10H22N2O4S/c1-7(2)6-8(9(13)14)11-17(15,16)12-10(3,4)5/h7-8,11-12H,6H2,1-5H3,(H,13,14)/t8-/m1/s1. The first-order chi connectivity index (χ1) is 7.43. The Morgan fingerprint density at radius 2 is 1.76 bits per heavy atom. The van der Waals surface area contributed by atoms with Crippen molar-refractivity contribution in [3.63, 3.8) is 0 Å². The zero-order valence-corrected chi connectivity index (χ0v) is 11.8. The van der Waals surface area contributed by atoms with E-state index in [0.717, 1.165) is 0 Å². The molecule has 102 valence electrons. The van der Waals surface area contributed by atoms with Crippen LogP contribution in [0.3, 0.4) is 0 Å². The van der Waals surface area contributed by atoms with Gasteiger partial charge in [-0.25, -0.2) is 0 Å². The van der Waals surface area contributed by atoms with Crippen molar-refractivity contribution in [1.82, 2.24) is 9.44 Å². The van der Waals surface area contributed by atoms with Crippen molar-refractivity contribution in [3.8, 4) is 0 Å². The van der Waals surface area contributed by atoms with Gasteiger partial charge in [0.1, 0.15) is 6.04 Å². The van der Waals surface area contributed by atoms with E-state index in [4.69, 9.17) is 5.11 Å². The molecule has 0 fully saturated rings. The van der Waals surface area contributed by atoms with Gasteiger partial charge < -0.3 is 5.11 Å². The van der Waals surface area contributed by atoms with Crippen LogP contribution in [-0.4, -0.2) is 31.1 Å². The molecule has 3 N–H and O–H groups in total. The lowest BCUT2D eigenvalue weighted by Gasteiger charge is -2.23. The van der Waals surface area contributed by atoms with Gasteiger partial charge in [-0.2, -0.15) is 17.9 Å². The number of hydrogen-bond donors (Lipinski definition) is 3. The first-order valence-corrected chi connectivity index (χ1v) is 6.95. The first kappa shape index (κ1) is 16.3. The monoisotopic (exact) mass is 266 g/mol. The molecular formula is C10H22N2O4S. The summed E-state index contributed by atoms with van der Waals surface area (Å²) in [6.45, 7) is 8.72. The van der Waals surface area contributed by atoms with Crippen molar-refractivity contribution in [2.45, 2.75) is 52.6 Å². The van der Waals surface area contributed by atoms with Gasteiger partial charge in [0.05, 0.1) is 0 Å². The fraction of sp³-hybridized carbons (Fsp3) is 0.900. The molecule has 0 aromatic heterocycles. The minimum absolute atomic E-state index is 0.0911. The van der Waals surface area contributed by atoms with E-state index in [1.807, 2.05) is 13.8 Å². The van der Waals surface area contributed by atoms with Crippen LogP contribution in [0.5, 0.6) is 0 Å². The van der Waals surface area contributed by atoms with Gasteiger partial charge in [0.15, 0.2) is 0 Å². The van der Waals surface area contributed by atoms with Gasteiger partial charge in [-0.05, 0) is 33.1 Å². The Hall–Kier alpha value is -0.660. The molecule has 0 amide bonds. The maximum Gasteiger partial charge on any atom is 0.321 e. The van der Waals surface area contributed by atoms with Gasteiger partial charge in [-0.1, -0.05) is 13.8 Å². The van der Waals surface area contributed by atoms with E-state index in [1.165, 1.54) is 0 Å². The quantitative estimate of drug-likeness (QED) is 0.659. The van der Waals surface area contributed by atoms with E-state index in [9.17, 15) is 13.2 Å². The molecule has 0 saturated heterocycles. The highest BCUT2D eigenvalue weighted by molar-refractivity contribution is 7.87. The Bertz CT molecular complexity index is 357. The molecule has 7 heteroatoms. The normalized spacial score (nSPS) is 14.9. The van der Waals surface area contributed by atoms with Gasteiger partial charge in [-0.15, -0.1) is 0 Å². The van der Waals surface area contributed by atoms with Crippen LogP contribution in [0, 0.1) is 5.92 Å². The largest absolute Gasteiger partial charge is 0.480 e. The first-order valence-electron chi connectivity index (χ1n) is 5.47. The Labute approximate surface area is 103 Å². The van der Waals surface area contributed by atoms with Crippen LogP contribution in [0.4, 0.5) is 0 Å². The van der Waals surface area contributed by atoms with Gasteiger partial charge in [-0.3, -0.25) is 4.79 Å². The summed E-state index contributed by atoms with van der Waals surface area (Å²) in [7, 11) is -3.81. The summed E-state index contributed by atoms with van der Waals surface area (Å²) in [5.74, 6) is -1.08. The third-order valence-corrected chi connectivity index (χ3v) is 3.22. The zero-order chi connectivity index (χ0) is 13.9. The van der Waals surface area contributed by atoms with Gasteiger partial charge >= 0.3 is 5.97 Å². The second-order valence-electron chi connectivity index (χ2n) is 5.49. The number of nitrogens with one attached hydrogen (secondary N) is 2. The number of hydrogen-bond acceptors (Lipinski definition) is 3. The molecule has 0 heterocycles. The molecule has 0 aromatic rings. The summed E-state index contributed by atoms with van der Waals surface area (Å²) in [5, 5.41) is 8.93. The summed E-state index contributed by atoms with van der Waals surface area (Å²) in [5.41, 5.74) is -0.646. The second kappa shape index (κ2) is 5.79. The minimum Gasteiger partial charge on any atom is -0.480 e. The molecule has 0 aromatic carbocycles. The lowest BCUT2D eigenvalue weighted by molar-refractivity contribution is -0.139. The van der Waals surface area contributed by atoms with Crippen molar-refractivity contribution >= 4 is 16.2 Å². The Morgan fingerprint density at radius 3 is 2.06 bits per heavy atom. The fourth-order valence-electron chi connectivity index (χ4n) is 1.29. The van der Waals surface area contributed by atoms with Crippen LogP contribution in [0.25, 0.3) is 0 Å². The van der Waals surface area contributed by atoms with Crippen molar-refractivity contribution in [2.75, 3.05) is 0 Å². The number of carboxylic acid groups (broad SMARTS) is 1. The van der Waals surface area contributed by atoms with Crippen molar-refractivity contribution in [3.05, 3.63) is 0 Å². The highest BCUT2D eigenvalue weighted by Crippen LogP contribution is 2.07. The molecule has 0 aliphatic carbocycles. The number of rotatable bonds is 6. The summed E-state index contributed by atoms with van der Waals surface area (Å²) in [4.78, 5) is 10.9. The lowest BCUT2D eigenvalue weighted by atomic mass is 10.1. The van der Waals surface area contributed by atoms with E-state index >= 15 is 0 Å². The smallest absolute Gasteiger partial charge is 0.321 e. The molecule has 0 bridgehead atoms. The predicted molar refractivity (Wildman–Crippen MR) is 65.8 cm³/mol. The molecule has 0 unspecified atom stereocenters. The number of carbonyl (C=O) groups is 1. The van der Waals surface area contributed by atoms with Crippen molar-refractivity contribution < 1.29 is 18.3 Å². The molecular weight excluding hydrogens is 244 g/mol.